The number of Topliss-reactive ketones (excluding diaryl/α,β-unsaturated/α-hetero) is 2. The molecule has 2 atom stereocenters. The van der Waals surface area contributed by atoms with Crippen LogP contribution in [-0.4, -0.2) is 39.1 Å². The molecular weight excluding hydrogens is 320 g/mol. The first-order chi connectivity index (χ1) is 11.6. The summed E-state index contributed by atoms with van der Waals surface area (Å²) in [6.45, 7) is 8.77. The topological polar surface area (TPSA) is 94.8 Å². The van der Waals surface area contributed by atoms with Crippen LogP contribution in [0, 0.1) is 11.8 Å². The minimum atomic E-state index is -1.75. The predicted octanol–water partition coefficient (Wildman–Crippen LogP) is 3.03. The molecule has 0 bridgehead atoms. The van der Waals surface area contributed by atoms with Crippen molar-refractivity contribution in [2.45, 2.75) is 59.5 Å². The van der Waals surface area contributed by atoms with Crippen LogP contribution in [0.3, 0.4) is 0 Å². The Labute approximate surface area is 149 Å². The smallest absolute Gasteiger partial charge is 0.176 e. The fraction of sp³-hybridized carbons (Fsp3) is 0.600. The molecule has 25 heavy (non-hydrogen) atoms. The molecule has 0 aromatic rings. The maximum absolute atomic E-state index is 12.8. The quantitative estimate of drug-likeness (QED) is 0.462. The Kier molecular flexibility index (Phi) is 7.32. The van der Waals surface area contributed by atoms with Gasteiger partial charge in [0.05, 0.1) is 12.5 Å². The second kappa shape index (κ2) is 8.59. The Morgan fingerprint density at radius 2 is 1.84 bits per heavy atom. The van der Waals surface area contributed by atoms with Crippen LogP contribution in [0.2, 0.25) is 0 Å². The Morgan fingerprint density at radius 1 is 1.24 bits per heavy atom. The zero-order valence-corrected chi connectivity index (χ0v) is 15.8. The molecule has 1 aliphatic carbocycles. The number of ketones is 2. The highest BCUT2D eigenvalue weighted by molar-refractivity contribution is 6.24. The van der Waals surface area contributed by atoms with Gasteiger partial charge in [0.2, 0.25) is 0 Å². The van der Waals surface area contributed by atoms with Crippen molar-refractivity contribution in [1.29, 1.82) is 0 Å². The number of allylic oxidation sites excluding steroid dienone is 4. The highest BCUT2D eigenvalue weighted by atomic mass is 16.3. The van der Waals surface area contributed by atoms with Crippen molar-refractivity contribution in [1.82, 2.24) is 0 Å². The molecule has 0 heterocycles. The standard InChI is InChI=1S/C20H30O5/c1-12(2)8-9-15-18(23)16(17(22)13(3)4)19(24)20(15,25)10-6-7-14(5)11-21/h7-8,13,15,21,24-25H,6,9-11H2,1-5H3/t15-,20-/m1/s1. The molecule has 0 saturated carbocycles. The van der Waals surface area contributed by atoms with Gasteiger partial charge >= 0.3 is 0 Å². The van der Waals surface area contributed by atoms with Gasteiger partial charge in [-0.3, -0.25) is 9.59 Å². The van der Waals surface area contributed by atoms with Crippen LogP contribution in [0.25, 0.3) is 0 Å². The van der Waals surface area contributed by atoms with Crippen molar-refractivity contribution in [2.24, 2.45) is 11.8 Å². The number of carbonyl (C=O) groups is 2. The molecule has 5 heteroatoms. The SMILES string of the molecule is CC(C)=CC[C@@H]1C(=O)C(C(=O)C(C)C)=C(O)[C@@]1(O)CCC=C(C)CO. The fourth-order valence-corrected chi connectivity index (χ4v) is 2.97. The van der Waals surface area contributed by atoms with E-state index in [1.165, 1.54) is 0 Å². The summed E-state index contributed by atoms with van der Waals surface area (Å²) in [6.07, 6.45) is 4.35. The Balaban J connectivity index is 3.25. The van der Waals surface area contributed by atoms with Crippen LogP contribution in [-0.2, 0) is 9.59 Å². The lowest BCUT2D eigenvalue weighted by atomic mass is 9.82. The first-order valence-electron chi connectivity index (χ1n) is 8.70. The zero-order valence-electron chi connectivity index (χ0n) is 15.8. The molecule has 0 aromatic carbocycles. The summed E-state index contributed by atoms with van der Waals surface area (Å²) in [6, 6.07) is 0. The van der Waals surface area contributed by atoms with Crippen molar-refractivity contribution in [3.63, 3.8) is 0 Å². The number of hydrogen-bond acceptors (Lipinski definition) is 5. The highest BCUT2D eigenvalue weighted by Gasteiger charge is 2.54. The maximum Gasteiger partial charge on any atom is 0.176 e. The van der Waals surface area contributed by atoms with E-state index >= 15 is 0 Å². The summed E-state index contributed by atoms with van der Waals surface area (Å²) in [4.78, 5) is 25.1. The monoisotopic (exact) mass is 350 g/mol. The first-order valence-corrected chi connectivity index (χ1v) is 8.70. The number of carbonyl (C=O) groups excluding carboxylic acids is 2. The van der Waals surface area contributed by atoms with E-state index in [0.29, 0.717) is 6.42 Å². The lowest BCUT2D eigenvalue weighted by Crippen LogP contribution is -2.38. The molecule has 1 rings (SSSR count). The van der Waals surface area contributed by atoms with E-state index in [-0.39, 0.29) is 25.0 Å². The Bertz CT molecular complexity index is 620. The molecule has 0 aromatic heterocycles. The Morgan fingerprint density at radius 3 is 2.32 bits per heavy atom. The average Bonchev–Trinajstić information content (AvgIpc) is 2.71. The summed E-state index contributed by atoms with van der Waals surface area (Å²) in [5.41, 5.74) is -0.271. The number of rotatable bonds is 8. The predicted molar refractivity (Wildman–Crippen MR) is 97.1 cm³/mol. The molecule has 0 radical (unpaired) electrons. The van der Waals surface area contributed by atoms with Crippen molar-refractivity contribution >= 4 is 11.6 Å². The Hall–Kier alpha value is -1.72. The van der Waals surface area contributed by atoms with Crippen LogP contribution in [0.5, 0.6) is 0 Å². The van der Waals surface area contributed by atoms with E-state index in [0.717, 1.165) is 11.1 Å². The zero-order chi connectivity index (χ0) is 19.4. The first kappa shape index (κ1) is 21.3. The van der Waals surface area contributed by atoms with Crippen LogP contribution in [0.15, 0.2) is 34.6 Å². The van der Waals surface area contributed by atoms with E-state index in [1.807, 2.05) is 19.9 Å². The highest BCUT2D eigenvalue weighted by Crippen LogP contribution is 2.43. The lowest BCUT2D eigenvalue weighted by Gasteiger charge is -2.28. The molecule has 0 unspecified atom stereocenters. The molecule has 5 nitrogen and oxygen atoms in total. The third-order valence-electron chi connectivity index (χ3n) is 4.59. The van der Waals surface area contributed by atoms with Gasteiger partial charge in [0.15, 0.2) is 11.6 Å². The lowest BCUT2D eigenvalue weighted by molar-refractivity contribution is -0.127. The minimum absolute atomic E-state index is 0.0859. The molecule has 0 aliphatic heterocycles. The normalized spacial score (nSPS) is 24.2. The van der Waals surface area contributed by atoms with E-state index in [4.69, 9.17) is 5.11 Å². The molecular formula is C20H30O5. The fourth-order valence-electron chi connectivity index (χ4n) is 2.97. The van der Waals surface area contributed by atoms with Crippen LogP contribution >= 0.6 is 0 Å². The maximum atomic E-state index is 12.8. The van der Waals surface area contributed by atoms with Crippen molar-refractivity contribution in [2.75, 3.05) is 6.61 Å². The number of aliphatic hydroxyl groups is 3. The average molecular weight is 350 g/mol. The molecule has 0 spiro atoms. The summed E-state index contributed by atoms with van der Waals surface area (Å²) in [7, 11) is 0. The minimum Gasteiger partial charge on any atom is -0.508 e. The largest absolute Gasteiger partial charge is 0.508 e. The second-order valence-electron chi connectivity index (χ2n) is 7.35. The summed E-state index contributed by atoms with van der Waals surface area (Å²) < 4.78 is 0. The second-order valence-corrected chi connectivity index (χ2v) is 7.35. The van der Waals surface area contributed by atoms with Gasteiger partial charge in [-0.1, -0.05) is 37.1 Å². The molecule has 0 saturated heterocycles. The van der Waals surface area contributed by atoms with Gasteiger partial charge in [-0.2, -0.15) is 0 Å². The van der Waals surface area contributed by atoms with Crippen LogP contribution in [0.4, 0.5) is 0 Å². The van der Waals surface area contributed by atoms with Crippen LogP contribution < -0.4 is 0 Å². The van der Waals surface area contributed by atoms with Gasteiger partial charge in [0.1, 0.15) is 16.9 Å². The van der Waals surface area contributed by atoms with Gasteiger partial charge in [-0.15, -0.1) is 0 Å². The van der Waals surface area contributed by atoms with E-state index in [9.17, 15) is 19.8 Å². The molecule has 0 fully saturated rings. The van der Waals surface area contributed by atoms with Crippen LogP contribution in [0.1, 0.15) is 53.9 Å². The number of aliphatic hydroxyl groups excluding tert-OH is 2. The van der Waals surface area contributed by atoms with Crippen molar-refractivity contribution in [3.8, 4) is 0 Å². The molecule has 0 amide bonds. The van der Waals surface area contributed by atoms with Crippen molar-refractivity contribution < 1.29 is 24.9 Å². The number of hydrogen-bond donors (Lipinski definition) is 3. The van der Waals surface area contributed by atoms with Gasteiger partial charge in [0, 0.05) is 5.92 Å². The molecule has 1 aliphatic rings. The van der Waals surface area contributed by atoms with E-state index < -0.39 is 34.8 Å². The van der Waals surface area contributed by atoms with Gasteiger partial charge < -0.3 is 15.3 Å². The third kappa shape index (κ3) is 4.67. The summed E-state index contributed by atoms with van der Waals surface area (Å²) >= 11 is 0. The van der Waals surface area contributed by atoms with E-state index in [2.05, 4.69) is 0 Å². The summed E-state index contributed by atoms with van der Waals surface area (Å²) in [5.74, 6) is -2.74. The third-order valence-corrected chi connectivity index (χ3v) is 4.59. The van der Waals surface area contributed by atoms with Gasteiger partial charge in [-0.25, -0.2) is 0 Å². The molecule has 3 N–H and O–H groups in total. The summed E-state index contributed by atoms with van der Waals surface area (Å²) in [5, 5.41) is 30.7. The van der Waals surface area contributed by atoms with Crippen molar-refractivity contribution in [3.05, 3.63) is 34.6 Å². The molecule has 140 valence electrons. The van der Waals surface area contributed by atoms with Gasteiger partial charge in [0.25, 0.3) is 0 Å². The van der Waals surface area contributed by atoms with Gasteiger partial charge in [-0.05, 0) is 40.0 Å². The van der Waals surface area contributed by atoms with E-state index in [1.54, 1.807) is 26.8 Å².